The third-order valence-electron chi connectivity index (χ3n) is 5.14. The van der Waals surface area contributed by atoms with Crippen LogP contribution in [0.5, 0.6) is 5.75 Å². The Morgan fingerprint density at radius 2 is 2.11 bits per heavy atom. The van der Waals surface area contributed by atoms with Crippen LogP contribution in [0, 0.1) is 0 Å². The summed E-state index contributed by atoms with van der Waals surface area (Å²) in [4.78, 5) is 14.8. The molecule has 2 aromatic rings. The molecule has 0 saturated carbocycles. The molecule has 0 fully saturated rings. The van der Waals surface area contributed by atoms with Crippen LogP contribution in [0.15, 0.2) is 36.4 Å². The molecule has 7 heteroatoms. The Bertz CT molecular complexity index is 933. The van der Waals surface area contributed by atoms with Crippen LogP contribution < -0.4 is 9.64 Å². The Labute approximate surface area is 172 Å². The molecule has 0 unspecified atom stereocenters. The summed E-state index contributed by atoms with van der Waals surface area (Å²) in [5, 5.41) is 0.546. The van der Waals surface area contributed by atoms with Gasteiger partial charge in [-0.05, 0) is 43.5 Å². The highest BCUT2D eigenvalue weighted by Gasteiger charge is 2.29. The van der Waals surface area contributed by atoms with Gasteiger partial charge in [0, 0.05) is 38.7 Å². The number of anilines is 1. The van der Waals surface area contributed by atoms with Crippen molar-refractivity contribution in [2.75, 3.05) is 17.4 Å². The van der Waals surface area contributed by atoms with Crippen LogP contribution in [0.25, 0.3) is 0 Å². The second-order valence-corrected chi connectivity index (χ2v) is 9.07. The van der Waals surface area contributed by atoms with Crippen molar-refractivity contribution in [1.29, 1.82) is 0 Å². The maximum Gasteiger partial charge on any atom is 0.239 e. The van der Waals surface area contributed by atoms with E-state index in [0.29, 0.717) is 17.4 Å². The van der Waals surface area contributed by atoms with Gasteiger partial charge < -0.3 is 14.4 Å². The summed E-state index contributed by atoms with van der Waals surface area (Å²) in [7, 11) is -1.37. The minimum absolute atomic E-state index is 0.0313. The van der Waals surface area contributed by atoms with Gasteiger partial charge in [-0.2, -0.15) is 0 Å². The number of hydrogen-bond acceptors (Lipinski definition) is 4. The largest absolute Gasteiger partial charge is 0.467 e. The van der Waals surface area contributed by atoms with Crippen molar-refractivity contribution in [1.82, 2.24) is 0 Å². The van der Waals surface area contributed by atoms with Crippen LogP contribution in [0.3, 0.4) is 0 Å². The van der Waals surface area contributed by atoms with Gasteiger partial charge in [-0.1, -0.05) is 29.8 Å². The van der Waals surface area contributed by atoms with Crippen molar-refractivity contribution in [2.24, 2.45) is 0 Å². The van der Waals surface area contributed by atoms with Crippen LogP contribution in [-0.4, -0.2) is 28.7 Å². The third-order valence-corrected chi connectivity index (χ3v) is 6.56. The molecular weight excluding hydrogens is 398 g/mol. The molecule has 0 N–H and O–H groups in total. The molecule has 2 atom stereocenters. The molecule has 2 aliphatic heterocycles. The lowest BCUT2D eigenvalue weighted by Crippen LogP contribution is -2.44. The smallest absolute Gasteiger partial charge is 0.239 e. The first kappa shape index (κ1) is 19.4. The van der Waals surface area contributed by atoms with Crippen molar-refractivity contribution >= 4 is 34.0 Å². The Kier molecular flexibility index (Phi) is 5.71. The van der Waals surface area contributed by atoms with Crippen molar-refractivity contribution in [2.45, 2.75) is 38.2 Å². The fraction of sp³-hybridized carbons (Fsp3) is 0.381. The Balaban J connectivity index is 1.51. The number of para-hydroxylation sites is 1. The predicted molar refractivity (Wildman–Crippen MR) is 110 cm³/mol. The second-order valence-electron chi connectivity index (χ2n) is 7.17. The van der Waals surface area contributed by atoms with Crippen molar-refractivity contribution in [3.05, 3.63) is 58.1 Å². The molecule has 4 rings (SSSR count). The topological polar surface area (TPSA) is 55.8 Å². The molecule has 0 bridgehead atoms. The number of fused-ring (bicyclic) bond motifs is 2. The first-order valence-corrected chi connectivity index (χ1v) is 11.2. The second kappa shape index (κ2) is 8.23. The average Bonchev–Trinajstić information content (AvgIpc) is 2.67. The Morgan fingerprint density at radius 1 is 1.29 bits per heavy atom. The fourth-order valence-electron chi connectivity index (χ4n) is 3.86. The van der Waals surface area contributed by atoms with Crippen molar-refractivity contribution in [3.8, 4) is 5.75 Å². The first-order valence-electron chi connectivity index (χ1n) is 9.29. The molecule has 1 amide bonds. The maximum absolute atomic E-state index is 13.0. The number of amides is 1. The molecule has 0 aliphatic carbocycles. The van der Waals surface area contributed by atoms with E-state index in [1.165, 1.54) is 0 Å². The van der Waals surface area contributed by atoms with E-state index in [4.69, 9.17) is 21.1 Å². The van der Waals surface area contributed by atoms with Gasteiger partial charge in [-0.3, -0.25) is 9.00 Å². The lowest BCUT2D eigenvalue weighted by molar-refractivity contribution is -0.116. The summed E-state index contributed by atoms with van der Waals surface area (Å²) in [5.41, 5.74) is 3.69. The zero-order valence-electron chi connectivity index (χ0n) is 15.7. The summed E-state index contributed by atoms with van der Waals surface area (Å²) in [5.74, 6) is 0.751. The lowest BCUT2D eigenvalue weighted by atomic mass is 9.97. The number of hydrogen-bond donors (Lipinski definition) is 0. The standard InChI is InChI=1S/C21H22ClNO4S/c1-14-6-7-15-4-2-3-5-19(15)23(14)20(24)12-28(25)11-17-9-18(22)8-16-10-26-13-27-21(16)17/h2-5,8-9,14H,6-7,10-13H2,1H3/t14-,28+/m0/s1. The minimum atomic E-state index is -1.37. The SMILES string of the molecule is C[C@H]1CCc2ccccc2N1C(=O)C[S@](=O)Cc1cc(Cl)cc2c1OCOC2. The van der Waals surface area contributed by atoms with E-state index in [1.54, 1.807) is 17.0 Å². The number of nitrogens with zero attached hydrogens (tertiary/aromatic N) is 1. The van der Waals surface area contributed by atoms with Gasteiger partial charge in [0.2, 0.25) is 5.91 Å². The molecule has 2 aliphatic rings. The summed E-state index contributed by atoms with van der Waals surface area (Å²) < 4.78 is 23.7. The fourth-order valence-corrected chi connectivity index (χ4v) is 5.21. The van der Waals surface area contributed by atoms with Gasteiger partial charge in [0.1, 0.15) is 11.5 Å². The van der Waals surface area contributed by atoms with Crippen LogP contribution in [-0.2, 0) is 39.1 Å². The molecule has 0 spiro atoms. The lowest BCUT2D eigenvalue weighted by Gasteiger charge is -2.35. The molecular formula is C21H22ClNO4S. The molecule has 0 radical (unpaired) electrons. The highest BCUT2D eigenvalue weighted by Crippen LogP contribution is 2.33. The van der Waals surface area contributed by atoms with Gasteiger partial charge in [0.05, 0.1) is 12.4 Å². The van der Waals surface area contributed by atoms with Crippen LogP contribution in [0.1, 0.15) is 30.0 Å². The predicted octanol–water partition coefficient (Wildman–Crippen LogP) is 3.82. The van der Waals surface area contributed by atoms with E-state index >= 15 is 0 Å². The van der Waals surface area contributed by atoms with E-state index in [1.807, 2.05) is 25.1 Å². The number of aryl methyl sites for hydroxylation is 1. The molecule has 0 aromatic heterocycles. The number of ether oxygens (including phenoxy) is 2. The van der Waals surface area contributed by atoms with E-state index in [9.17, 15) is 9.00 Å². The molecule has 28 heavy (non-hydrogen) atoms. The normalized spacial score (nSPS) is 19.4. The van der Waals surface area contributed by atoms with E-state index < -0.39 is 10.8 Å². The zero-order chi connectivity index (χ0) is 19.7. The summed E-state index contributed by atoms with van der Waals surface area (Å²) in [6.45, 7) is 2.61. The zero-order valence-corrected chi connectivity index (χ0v) is 17.2. The molecule has 2 heterocycles. The van der Waals surface area contributed by atoms with Crippen LogP contribution in [0.4, 0.5) is 5.69 Å². The van der Waals surface area contributed by atoms with Crippen LogP contribution >= 0.6 is 11.6 Å². The third kappa shape index (κ3) is 3.95. The number of benzene rings is 2. The highest BCUT2D eigenvalue weighted by atomic mass is 35.5. The summed E-state index contributed by atoms with van der Waals surface area (Å²) in [6, 6.07) is 11.6. The number of rotatable bonds is 4. The average molecular weight is 420 g/mol. The minimum Gasteiger partial charge on any atom is -0.467 e. The quantitative estimate of drug-likeness (QED) is 0.755. The Hall–Kier alpha value is -1.89. The summed E-state index contributed by atoms with van der Waals surface area (Å²) >= 11 is 6.18. The Morgan fingerprint density at radius 3 is 2.96 bits per heavy atom. The van der Waals surface area contributed by atoms with Gasteiger partial charge in [-0.15, -0.1) is 0 Å². The number of carbonyl (C=O) groups excluding carboxylic acids is 1. The van der Waals surface area contributed by atoms with Gasteiger partial charge in [0.25, 0.3) is 0 Å². The highest BCUT2D eigenvalue weighted by molar-refractivity contribution is 7.85. The first-order chi connectivity index (χ1) is 13.5. The number of halogens is 1. The molecule has 2 aromatic carbocycles. The van der Waals surface area contributed by atoms with Gasteiger partial charge >= 0.3 is 0 Å². The molecule has 5 nitrogen and oxygen atoms in total. The van der Waals surface area contributed by atoms with Gasteiger partial charge in [-0.25, -0.2) is 0 Å². The summed E-state index contributed by atoms with van der Waals surface area (Å²) in [6.07, 6.45) is 1.86. The monoisotopic (exact) mass is 419 g/mol. The van der Waals surface area contributed by atoms with Crippen molar-refractivity contribution in [3.63, 3.8) is 0 Å². The van der Waals surface area contributed by atoms with Crippen molar-refractivity contribution < 1.29 is 18.5 Å². The van der Waals surface area contributed by atoms with E-state index in [2.05, 4.69) is 6.07 Å². The van der Waals surface area contributed by atoms with Gasteiger partial charge in [0.15, 0.2) is 6.79 Å². The number of carbonyl (C=O) groups is 1. The maximum atomic E-state index is 13.0. The molecule has 148 valence electrons. The van der Waals surface area contributed by atoms with E-state index in [0.717, 1.165) is 35.2 Å². The molecule has 0 saturated heterocycles. The van der Waals surface area contributed by atoms with Crippen LogP contribution in [0.2, 0.25) is 5.02 Å². The van der Waals surface area contributed by atoms with E-state index in [-0.39, 0.29) is 30.2 Å².